The predicted octanol–water partition coefficient (Wildman–Crippen LogP) is 5.47. The lowest BCUT2D eigenvalue weighted by molar-refractivity contribution is -0.253. The molecule has 2 aliphatic heterocycles. The van der Waals surface area contributed by atoms with Crippen molar-refractivity contribution in [1.82, 2.24) is 25.7 Å². The maximum atomic E-state index is 12.6. The van der Waals surface area contributed by atoms with Gasteiger partial charge in [-0.25, -0.2) is 15.4 Å². The lowest BCUT2D eigenvalue weighted by atomic mass is 9.97. The number of nitrogens with zero attached hydrogens (tertiary/aromatic N) is 4. The Hall–Kier alpha value is -4.72. The number of amides is 2. The maximum Gasteiger partial charge on any atom is 0.243 e. The molecule has 2 fully saturated rings. The first-order valence-corrected chi connectivity index (χ1v) is 18.6. The molecule has 4 aromatic rings. The largest absolute Gasteiger partial charge is 0.392 e. The highest BCUT2D eigenvalue weighted by molar-refractivity contribution is 5.76. The van der Waals surface area contributed by atoms with Crippen LogP contribution in [0, 0.1) is 0 Å². The first-order chi connectivity index (χ1) is 26.0. The summed E-state index contributed by atoms with van der Waals surface area (Å²) in [5.74, 6) is 0.383. The van der Waals surface area contributed by atoms with E-state index in [4.69, 9.17) is 14.7 Å². The van der Waals surface area contributed by atoms with Gasteiger partial charge in [-0.15, -0.1) is 0 Å². The number of rotatable bonds is 16. The van der Waals surface area contributed by atoms with E-state index < -0.39 is 6.29 Å². The van der Waals surface area contributed by atoms with Crippen molar-refractivity contribution in [3.05, 3.63) is 114 Å². The van der Waals surface area contributed by atoms with Crippen LogP contribution < -0.4 is 15.7 Å². The Morgan fingerprint density at radius 3 is 2.15 bits per heavy atom. The van der Waals surface area contributed by atoms with Crippen LogP contribution in [0.4, 0.5) is 5.95 Å². The van der Waals surface area contributed by atoms with E-state index in [1.807, 2.05) is 48.5 Å². The molecule has 0 spiro atoms. The smallest absolute Gasteiger partial charge is 0.243 e. The molecule has 12 nitrogen and oxygen atoms in total. The second-order valence-electron chi connectivity index (χ2n) is 13.7. The second kappa shape index (κ2) is 19.4. The molecule has 0 saturated carbocycles. The average Bonchev–Trinajstić information content (AvgIpc) is 3.22. The minimum atomic E-state index is -0.550. The zero-order valence-corrected chi connectivity index (χ0v) is 30.1. The van der Waals surface area contributed by atoms with E-state index in [0.29, 0.717) is 19.4 Å². The molecule has 3 aromatic carbocycles. The third-order valence-corrected chi connectivity index (χ3v) is 9.95. The van der Waals surface area contributed by atoms with E-state index in [2.05, 4.69) is 55.4 Å². The maximum absolute atomic E-state index is 12.6. The van der Waals surface area contributed by atoms with Crippen molar-refractivity contribution in [2.45, 2.75) is 76.6 Å². The summed E-state index contributed by atoms with van der Waals surface area (Å²) in [6.07, 6.45) is 7.34. The Kier molecular flexibility index (Phi) is 13.9. The second-order valence-corrected chi connectivity index (χ2v) is 13.7. The summed E-state index contributed by atoms with van der Waals surface area (Å²) in [6, 6.07) is 26.2. The van der Waals surface area contributed by atoms with Gasteiger partial charge < -0.3 is 24.8 Å². The van der Waals surface area contributed by atoms with Crippen LogP contribution in [0.5, 0.6) is 0 Å². The highest BCUT2D eigenvalue weighted by Crippen LogP contribution is 2.39. The van der Waals surface area contributed by atoms with Crippen molar-refractivity contribution in [3.8, 4) is 11.1 Å². The van der Waals surface area contributed by atoms with Gasteiger partial charge in [-0.3, -0.25) is 19.7 Å². The van der Waals surface area contributed by atoms with Crippen molar-refractivity contribution >= 4 is 17.8 Å². The first kappa shape index (κ1) is 38.0. The van der Waals surface area contributed by atoms with Gasteiger partial charge in [0.15, 0.2) is 6.29 Å². The van der Waals surface area contributed by atoms with Crippen LogP contribution in [0.25, 0.3) is 11.1 Å². The topological polar surface area (TPSA) is 149 Å². The molecule has 280 valence electrons. The minimum absolute atomic E-state index is 0.00146. The monoisotopic (exact) mass is 722 g/mol. The van der Waals surface area contributed by atoms with Crippen molar-refractivity contribution in [2.75, 3.05) is 37.6 Å². The Morgan fingerprint density at radius 2 is 1.45 bits per heavy atom. The van der Waals surface area contributed by atoms with Crippen LogP contribution >= 0.6 is 0 Å². The number of unbranched alkanes of at least 4 members (excludes halogenated alkanes) is 3. The molecule has 0 aliphatic carbocycles. The van der Waals surface area contributed by atoms with Gasteiger partial charge in [-0.05, 0) is 46.7 Å². The lowest BCUT2D eigenvalue weighted by Gasteiger charge is -2.40. The highest BCUT2D eigenvalue weighted by atomic mass is 16.7. The van der Waals surface area contributed by atoms with Gasteiger partial charge in [0.05, 0.1) is 18.8 Å². The fraction of sp³-hybridized carbons (Fsp3) is 0.415. The summed E-state index contributed by atoms with van der Waals surface area (Å²) in [5.41, 5.74) is 7.62. The predicted molar refractivity (Wildman–Crippen MR) is 200 cm³/mol. The highest BCUT2D eigenvalue weighted by Gasteiger charge is 2.34. The number of nitrogens with one attached hydrogen (secondary N) is 2. The molecule has 53 heavy (non-hydrogen) atoms. The number of ether oxygens (including phenoxy) is 2. The number of aliphatic hydroxyl groups is 1. The van der Waals surface area contributed by atoms with Crippen molar-refractivity contribution < 1.29 is 29.4 Å². The molecule has 3 unspecified atom stereocenters. The average molecular weight is 723 g/mol. The summed E-state index contributed by atoms with van der Waals surface area (Å²) in [5, 5.41) is 21.3. The van der Waals surface area contributed by atoms with Crippen LogP contribution in [0.15, 0.2) is 91.3 Å². The van der Waals surface area contributed by atoms with Crippen molar-refractivity contribution in [2.24, 2.45) is 0 Å². The number of hydroxylamine groups is 1. The number of carbonyl (C=O) groups is 2. The molecule has 3 atom stereocenters. The summed E-state index contributed by atoms with van der Waals surface area (Å²) in [4.78, 5) is 37.2. The van der Waals surface area contributed by atoms with E-state index in [1.165, 1.54) is 0 Å². The normalized spacial score (nSPS) is 19.1. The summed E-state index contributed by atoms with van der Waals surface area (Å²) in [7, 11) is 0. The van der Waals surface area contributed by atoms with E-state index in [1.54, 1.807) is 17.9 Å². The van der Waals surface area contributed by atoms with E-state index >= 15 is 0 Å². The standard InChI is InChI=1S/C41H50N6O6/c48-29-30-12-14-32(15-13-30)37-26-35(28-46-22-24-47(25-23-46)41-42-20-7-21-43-41)52-40(53-37)33-18-16-31(17-19-33)36-9-6-5-8-34(36)27-44-38(49)10-3-1-2-4-11-39(50)45-51/h5-9,12-21,35,37,40,48,51H,1-4,10-11,22-29H2,(H,44,49)(H,45,50). The van der Waals surface area contributed by atoms with Crippen LogP contribution in [0.3, 0.4) is 0 Å². The summed E-state index contributed by atoms with van der Waals surface area (Å²) in [6.45, 7) is 4.69. The molecule has 3 heterocycles. The molecule has 2 aliphatic rings. The van der Waals surface area contributed by atoms with Gasteiger partial charge in [-0.1, -0.05) is 85.6 Å². The minimum Gasteiger partial charge on any atom is -0.392 e. The molecule has 0 bridgehead atoms. The number of aliphatic hydroxyl groups excluding tert-OH is 1. The van der Waals surface area contributed by atoms with E-state index in [9.17, 15) is 14.7 Å². The van der Waals surface area contributed by atoms with Gasteiger partial charge in [0, 0.05) is 76.5 Å². The number of aromatic nitrogens is 2. The van der Waals surface area contributed by atoms with E-state index in [-0.39, 0.29) is 37.0 Å². The Labute approximate surface area is 311 Å². The molecule has 2 amide bonds. The van der Waals surface area contributed by atoms with Gasteiger partial charge in [-0.2, -0.15) is 0 Å². The number of hydrogen-bond acceptors (Lipinski definition) is 10. The third-order valence-electron chi connectivity index (χ3n) is 9.95. The molecular weight excluding hydrogens is 672 g/mol. The van der Waals surface area contributed by atoms with Gasteiger partial charge >= 0.3 is 0 Å². The van der Waals surface area contributed by atoms with Crippen molar-refractivity contribution in [3.63, 3.8) is 0 Å². The van der Waals surface area contributed by atoms with Gasteiger partial charge in [0.1, 0.15) is 0 Å². The SMILES string of the molecule is O=C(CCCCCCC(=O)NCc1ccccc1-c1ccc(C2OC(CN3CCN(c4ncccn4)CC3)CC(c3ccc(CO)cc3)O2)cc1)NO. The first-order valence-electron chi connectivity index (χ1n) is 18.6. The van der Waals surface area contributed by atoms with Gasteiger partial charge in [0.2, 0.25) is 17.8 Å². The number of hydrogen-bond donors (Lipinski definition) is 4. The number of benzene rings is 3. The molecule has 2 saturated heterocycles. The Balaban J connectivity index is 1.07. The van der Waals surface area contributed by atoms with Crippen LogP contribution in [-0.2, 0) is 32.2 Å². The molecule has 6 rings (SSSR count). The molecule has 12 heteroatoms. The summed E-state index contributed by atoms with van der Waals surface area (Å²) >= 11 is 0. The Bertz CT molecular complexity index is 1730. The number of piperazine rings is 1. The zero-order chi connectivity index (χ0) is 36.8. The number of carbonyl (C=O) groups excluding carboxylic acids is 2. The quantitative estimate of drug-likeness (QED) is 0.0667. The van der Waals surface area contributed by atoms with Gasteiger partial charge in [0.25, 0.3) is 0 Å². The summed E-state index contributed by atoms with van der Waals surface area (Å²) < 4.78 is 13.3. The Morgan fingerprint density at radius 1 is 0.774 bits per heavy atom. The molecule has 0 radical (unpaired) electrons. The number of anilines is 1. The van der Waals surface area contributed by atoms with Crippen LogP contribution in [0.1, 0.15) is 79.6 Å². The zero-order valence-electron chi connectivity index (χ0n) is 30.1. The van der Waals surface area contributed by atoms with E-state index in [0.717, 1.165) is 97.7 Å². The third kappa shape index (κ3) is 10.9. The lowest BCUT2D eigenvalue weighted by Crippen LogP contribution is -2.50. The molecule has 1 aromatic heterocycles. The van der Waals surface area contributed by atoms with Crippen molar-refractivity contribution in [1.29, 1.82) is 0 Å². The fourth-order valence-corrected chi connectivity index (χ4v) is 6.94. The fourth-order valence-electron chi connectivity index (χ4n) is 6.94. The van der Waals surface area contributed by atoms with Crippen LogP contribution in [-0.4, -0.2) is 75.8 Å². The molecular formula is C41H50N6O6. The van der Waals surface area contributed by atoms with Crippen LogP contribution in [0.2, 0.25) is 0 Å². The molecule has 4 N–H and O–H groups in total.